The molecule has 190 valence electrons. The fourth-order valence-corrected chi connectivity index (χ4v) is 3.87. The largest absolute Gasteiger partial charge is 0.496 e. The molecule has 1 saturated heterocycles. The quantitative estimate of drug-likeness (QED) is 0.422. The number of carbonyl (C=O) groups excluding carboxylic acids is 1. The number of halogens is 1. The summed E-state index contributed by atoms with van der Waals surface area (Å²) < 4.78 is 20.9. The SMILES string of the molecule is COc1ccc(F)cc1C(O)Cn1cc(/C=N/OC(C)C)c(=O)n(CC(=O)N2CCCCC2)c1=O. The van der Waals surface area contributed by atoms with Crippen molar-refractivity contribution in [2.45, 2.75) is 58.4 Å². The van der Waals surface area contributed by atoms with E-state index in [-0.39, 0.29) is 35.4 Å². The molecule has 1 aromatic carbocycles. The lowest BCUT2D eigenvalue weighted by Crippen LogP contribution is -2.47. The van der Waals surface area contributed by atoms with Gasteiger partial charge in [-0.3, -0.25) is 18.7 Å². The van der Waals surface area contributed by atoms with Crippen LogP contribution in [0.3, 0.4) is 0 Å². The van der Waals surface area contributed by atoms with Crippen molar-refractivity contribution in [3.63, 3.8) is 0 Å². The second-order valence-corrected chi connectivity index (χ2v) is 8.64. The van der Waals surface area contributed by atoms with Crippen molar-refractivity contribution in [2.24, 2.45) is 5.16 Å². The molecule has 1 aliphatic heterocycles. The van der Waals surface area contributed by atoms with Crippen molar-refractivity contribution in [2.75, 3.05) is 20.2 Å². The Labute approximate surface area is 202 Å². The van der Waals surface area contributed by atoms with Crippen molar-refractivity contribution in [1.82, 2.24) is 14.0 Å². The van der Waals surface area contributed by atoms with Crippen LogP contribution >= 0.6 is 0 Å². The summed E-state index contributed by atoms with van der Waals surface area (Å²) in [6.07, 6.45) is 3.59. The number of hydrogen-bond donors (Lipinski definition) is 1. The van der Waals surface area contributed by atoms with Crippen LogP contribution in [0.15, 0.2) is 39.1 Å². The van der Waals surface area contributed by atoms with Crippen molar-refractivity contribution in [3.05, 3.63) is 62.2 Å². The van der Waals surface area contributed by atoms with Crippen molar-refractivity contribution < 1.29 is 23.9 Å². The first-order chi connectivity index (χ1) is 16.7. The molecule has 1 aromatic heterocycles. The third-order valence-electron chi connectivity index (χ3n) is 5.65. The summed E-state index contributed by atoms with van der Waals surface area (Å²) in [5.41, 5.74) is -1.35. The average Bonchev–Trinajstić information content (AvgIpc) is 2.84. The predicted octanol–water partition coefficient (Wildman–Crippen LogP) is 1.66. The van der Waals surface area contributed by atoms with Crippen LogP contribution in [0, 0.1) is 5.82 Å². The van der Waals surface area contributed by atoms with Gasteiger partial charge in [0.25, 0.3) is 5.56 Å². The normalized spacial score (nSPS) is 15.0. The van der Waals surface area contributed by atoms with Gasteiger partial charge >= 0.3 is 5.69 Å². The standard InChI is InChI=1S/C24H31FN4O6/c1-16(2)35-26-12-17-13-28(14-20(30)19-11-18(25)7-8-21(19)34-3)24(33)29(23(17)32)15-22(31)27-9-5-4-6-10-27/h7-8,11-13,16,20,30H,4-6,9-10,14-15H2,1-3H3/b26-12+. The van der Waals surface area contributed by atoms with Crippen molar-refractivity contribution in [1.29, 1.82) is 0 Å². The number of methoxy groups -OCH3 is 1. The second-order valence-electron chi connectivity index (χ2n) is 8.64. The van der Waals surface area contributed by atoms with Gasteiger partial charge in [0.05, 0.1) is 25.4 Å². The number of likely N-dealkylation sites (tertiary alicyclic amines) is 1. The lowest BCUT2D eigenvalue weighted by atomic mass is 10.1. The molecule has 0 aliphatic carbocycles. The molecular weight excluding hydrogens is 459 g/mol. The summed E-state index contributed by atoms with van der Waals surface area (Å²) in [6.45, 7) is 3.91. The van der Waals surface area contributed by atoms with Gasteiger partial charge in [-0.1, -0.05) is 5.16 Å². The van der Waals surface area contributed by atoms with Crippen LogP contribution in [0.5, 0.6) is 5.75 Å². The first kappa shape index (κ1) is 26.1. The zero-order chi connectivity index (χ0) is 25.5. The fraction of sp³-hybridized carbons (Fsp3) is 0.500. The van der Waals surface area contributed by atoms with Crippen LogP contribution in [0.25, 0.3) is 0 Å². The molecule has 10 nitrogen and oxygen atoms in total. The van der Waals surface area contributed by atoms with Crippen LogP contribution in [-0.4, -0.2) is 57.6 Å². The van der Waals surface area contributed by atoms with E-state index in [1.807, 2.05) is 0 Å². The van der Waals surface area contributed by atoms with E-state index in [1.54, 1.807) is 18.7 Å². The summed E-state index contributed by atoms with van der Waals surface area (Å²) in [7, 11) is 1.38. The average molecular weight is 491 g/mol. The van der Waals surface area contributed by atoms with E-state index in [4.69, 9.17) is 9.57 Å². The molecular formula is C24H31FN4O6. The number of amides is 1. The van der Waals surface area contributed by atoms with E-state index in [0.717, 1.165) is 40.7 Å². The van der Waals surface area contributed by atoms with E-state index < -0.39 is 29.7 Å². The molecule has 1 atom stereocenters. The Morgan fingerprint density at radius 3 is 2.60 bits per heavy atom. The molecule has 3 rings (SSSR count). The zero-order valence-corrected chi connectivity index (χ0v) is 20.1. The number of rotatable bonds is 9. The number of ether oxygens (including phenoxy) is 1. The summed E-state index contributed by atoms with van der Waals surface area (Å²) >= 11 is 0. The molecule has 0 saturated carbocycles. The number of piperidine rings is 1. The van der Waals surface area contributed by atoms with Crippen molar-refractivity contribution >= 4 is 12.1 Å². The number of carbonyl (C=O) groups is 1. The van der Waals surface area contributed by atoms with Gasteiger partial charge in [0, 0.05) is 24.8 Å². The topological polar surface area (TPSA) is 115 Å². The summed E-state index contributed by atoms with van der Waals surface area (Å²) in [4.78, 5) is 45.8. The molecule has 1 N–H and O–H groups in total. The van der Waals surface area contributed by atoms with Crippen LogP contribution in [-0.2, 0) is 22.7 Å². The highest BCUT2D eigenvalue weighted by atomic mass is 19.1. The Morgan fingerprint density at radius 2 is 1.94 bits per heavy atom. The van der Waals surface area contributed by atoms with Gasteiger partial charge in [-0.15, -0.1) is 0 Å². The Kier molecular flexibility index (Phi) is 8.80. The molecule has 1 unspecified atom stereocenters. The van der Waals surface area contributed by atoms with Crippen molar-refractivity contribution in [3.8, 4) is 5.75 Å². The number of aromatic nitrogens is 2. The molecule has 1 fully saturated rings. The van der Waals surface area contributed by atoms with Crippen LogP contribution in [0.4, 0.5) is 4.39 Å². The maximum Gasteiger partial charge on any atom is 0.331 e. The Bertz CT molecular complexity index is 1180. The van der Waals surface area contributed by atoms with Gasteiger partial charge in [-0.25, -0.2) is 9.18 Å². The van der Waals surface area contributed by atoms with Gasteiger partial charge in [-0.2, -0.15) is 0 Å². The first-order valence-corrected chi connectivity index (χ1v) is 11.5. The van der Waals surface area contributed by atoms with Gasteiger partial charge in [0.2, 0.25) is 5.91 Å². The van der Waals surface area contributed by atoms with Crippen LogP contribution in [0.1, 0.15) is 50.3 Å². The smallest absolute Gasteiger partial charge is 0.331 e. The highest BCUT2D eigenvalue weighted by molar-refractivity contribution is 5.79. The summed E-state index contributed by atoms with van der Waals surface area (Å²) in [6, 6.07) is 3.68. The number of nitrogens with zero attached hydrogens (tertiary/aromatic N) is 4. The van der Waals surface area contributed by atoms with E-state index >= 15 is 0 Å². The second kappa shape index (κ2) is 11.8. The molecule has 11 heteroatoms. The highest BCUT2D eigenvalue weighted by Gasteiger charge is 2.22. The number of aliphatic hydroxyl groups excluding tert-OH is 1. The number of aliphatic hydroxyl groups is 1. The zero-order valence-electron chi connectivity index (χ0n) is 20.1. The third-order valence-corrected chi connectivity index (χ3v) is 5.65. The van der Waals surface area contributed by atoms with Crippen LogP contribution < -0.4 is 16.0 Å². The van der Waals surface area contributed by atoms with Gasteiger partial charge in [0.15, 0.2) is 0 Å². The summed E-state index contributed by atoms with van der Waals surface area (Å²) in [5, 5.41) is 14.6. The lowest BCUT2D eigenvalue weighted by molar-refractivity contribution is -0.132. The molecule has 2 heterocycles. The van der Waals surface area contributed by atoms with Gasteiger partial charge in [0.1, 0.15) is 30.3 Å². The monoisotopic (exact) mass is 490 g/mol. The minimum atomic E-state index is -1.33. The number of oxime groups is 1. The third kappa shape index (κ3) is 6.56. The molecule has 2 aromatic rings. The number of hydrogen-bond acceptors (Lipinski definition) is 7. The maximum absolute atomic E-state index is 13.8. The molecule has 0 spiro atoms. The van der Waals surface area contributed by atoms with Gasteiger partial charge in [-0.05, 0) is 51.3 Å². The van der Waals surface area contributed by atoms with E-state index in [1.165, 1.54) is 25.4 Å². The number of benzene rings is 1. The summed E-state index contributed by atoms with van der Waals surface area (Å²) in [5.74, 6) is -0.675. The van der Waals surface area contributed by atoms with Gasteiger partial charge < -0.3 is 19.6 Å². The molecule has 35 heavy (non-hydrogen) atoms. The highest BCUT2D eigenvalue weighted by Crippen LogP contribution is 2.26. The molecule has 0 bridgehead atoms. The minimum Gasteiger partial charge on any atom is -0.496 e. The van der Waals surface area contributed by atoms with Crippen LogP contribution in [0.2, 0.25) is 0 Å². The van der Waals surface area contributed by atoms with E-state index in [9.17, 15) is 23.9 Å². The molecule has 0 radical (unpaired) electrons. The predicted molar refractivity (Wildman–Crippen MR) is 127 cm³/mol. The van der Waals surface area contributed by atoms with E-state index in [2.05, 4.69) is 5.16 Å². The Balaban J connectivity index is 1.99. The maximum atomic E-state index is 13.8. The lowest BCUT2D eigenvalue weighted by Gasteiger charge is -2.27. The molecule has 1 aliphatic rings. The molecule has 1 amide bonds. The first-order valence-electron chi connectivity index (χ1n) is 11.5. The Hall–Kier alpha value is -3.47. The fourth-order valence-electron chi connectivity index (χ4n) is 3.87. The van der Waals surface area contributed by atoms with E-state index in [0.29, 0.717) is 13.1 Å². The Morgan fingerprint density at radius 1 is 1.23 bits per heavy atom. The minimum absolute atomic E-state index is 0.00454.